The fourth-order valence-electron chi connectivity index (χ4n) is 2.28. The van der Waals surface area contributed by atoms with Gasteiger partial charge < -0.3 is 0 Å². The summed E-state index contributed by atoms with van der Waals surface area (Å²) in [7, 11) is 0. The quantitative estimate of drug-likeness (QED) is 0.695. The summed E-state index contributed by atoms with van der Waals surface area (Å²) >= 11 is 0. The predicted octanol–water partition coefficient (Wildman–Crippen LogP) is 2.14. The molecule has 0 aliphatic rings. The minimum atomic E-state index is -0.552. The minimum Gasteiger partial charge on any atom is -0.282 e. The van der Waals surface area contributed by atoms with Gasteiger partial charge >= 0.3 is 11.7 Å². The zero-order chi connectivity index (χ0) is 16.9. The predicted molar refractivity (Wildman–Crippen MR) is 91.2 cm³/mol. The average Bonchev–Trinajstić information content (AvgIpc) is 3.02. The van der Waals surface area contributed by atoms with Crippen LogP contribution in [0, 0.1) is 12.3 Å². The smallest absolute Gasteiger partial charge is 0.282 e. The van der Waals surface area contributed by atoms with E-state index in [2.05, 4.69) is 11.0 Å². The van der Waals surface area contributed by atoms with Crippen molar-refractivity contribution in [1.29, 1.82) is 0 Å². The monoisotopic (exact) mass is 318 g/mol. The molecule has 24 heavy (non-hydrogen) atoms. The molecule has 3 rings (SSSR count). The molecule has 0 atom stereocenters. The van der Waals surface area contributed by atoms with Crippen LogP contribution < -0.4 is 10.6 Å². The number of terminal acetylenes is 1. The zero-order valence-electron chi connectivity index (χ0n) is 12.7. The van der Waals surface area contributed by atoms with E-state index in [1.807, 2.05) is 12.1 Å². The lowest BCUT2D eigenvalue weighted by Gasteiger charge is -2.19. The van der Waals surface area contributed by atoms with Crippen LogP contribution in [0.25, 0.3) is 5.69 Å². The Morgan fingerprint density at radius 2 is 1.71 bits per heavy atom. The number of hydrogen-bond acceptors (Lipinski definition) is 3. The molecule has 0 spiro atoms. The Hall–Kier alpha value is -3.59. The maximum atomic E-state index is 12.7. The van der Waals surface area contributed by atoms with Crippen molar-refractivity contribution in [2.75, 3.05) is 11.4 Å². The lowest BCUT2D eigenvalue weighted by molar-refractivity contribution is 0.247. The molecule has 1 amide bonds. The minimum absolute atomic E-state index is 0.0474. The van der Waals surface area contributed by atoms with Gasteiger partial charge in [0.05, 0.1) is 12.2 Å². The number of anilines is 1. The topological polar surface area (TPSA) is 60.1 Å². The molecule has 3 aromatic rings. The third-order valence-electron chi connectivity index (χ3n) is 3.42. The van der Waals surface area contributed by atoms with Gasteiger partial charge in [-0.15, -0.1) is 6.42 Å². The van der Waals surface area contributed by atoms with E-state index in [0.717, 1.165) is 9.25 Å². The Morgan fingerprint density at radius 3 is 2.33 bits per heavy atom. The molecule has 0 radical (unpaired) electrons. The molecule has 6 heteroatoms. The van der Waals surface area contributed by atoms with Crippen molar-refractivity contribution in [1.82, 2.24) is 14.3 Å². The summed E-state index contributed by atoms with van der Waals surface area (Å²) in [6.45, 7) is 0.0474. The summed E-state index contributed by atoms with van der Waals surface area (Å²) in [5, 5.41) is 4.01. The Balaban J connectivity index is 1.99. The first-order chi connectivity index (χ1) is 11.7. The highest BCUT2D eigenvalue weighted by Crippen LogP contribution is 2.14. The number of hydrogen-bond donors (Lipinski definition) is 0. The maximum absolute atomic E-state index is 12.7. The molecule has 0 aliphatic heterocycles. The van der Waals surface area contributed by atoms with Crippen LogP contribution in [0.15, 0.2) is 71.8 Å². The molecule has 2 aromatic carbocycles. The van der Waals surface area contributed by atoms with E-state index in [-0.39, 0.29) is 6.54 Å². The molecule has 1 heterocycles. The highest BCUT2D eigenvalue weighted by Gasteiger charge is 2.20. The number of aromatic nitrogens is 3. The fraction of sp³-hybridized carbons (Fsp3) is 0.0556. The van der Waals surface area contributed by atoms with Gasteiger partial charge in [-0.25, -0.2) is 9.59 Å². The van der Waals surface area contributed by atoms with Crippen molar-refractivity contribution in [2.45, 2.75) is 0 Å². The Kier molecular flexibility index (Phi) is 4.25. The van der Waals surface area contributed by atoms with Crippen LogP contribution in [0.2, 0.25) is 0 Å². The first-order valence-electron chi connectivity index (χ1n) is 7.25. The van der Waals surface area contributed by atoms with Crippen LogP contribution in [0.5, 0.6) is 0 Å². The molecule has 0 fully saturated rings. The normalized spacial score (nSPS) is 10.1. The molecule has 118 valence electrons. The van der Waals surface area contributed by atoms with Gasteiger partial charge in [0.2, 0.25) is 0 Å². The second kappa shape index (κ2) is 6.67. The third kappa shape index (κ3) is 2.83. The Labute approximate surface area is 138 Å². The Bertz CT molecular complexity index is 936. The van der Waals surface area contributed by atoms with Crippen LogP contribution in [0.3, 0.4) is 0 Å². The van der Waals surface area contributed by atoms with Crippen molar-refractivity contribution in [2.24, 2.45) is 0 Å². The lowest BCUT2D eigenvalue weighted by atomic mass is 10.3. The number of carbonyl (C=O) groups is 1. The van der Waals surface area contributed by atoms with E-state index in [4.69, 9.17) is 6.42 Å². The van der Waals surface area contributed by atoms with Crippen molar-refractivity contribution in [3.63, 3.8) is 0 Å². The maximum Gasteiger partial charge on any atom is 0.358 e. The molecule has 1 aromatic heterocycles. The van der Waals surface area contributed by atoms with Gasteiger partial charge in [-0.05, 0) is 24.3 Å². The van der Waals surface area contributed by atoms with Gasteiger partial charge in [0.15, 0.2) is 0 Å². The van der Waals surface area contributed by atoms with Gasteiger partial charge in [-0.1, -0.05) is 42.3 Å². The lowest BCUT2D eigenvalue weighted by Crippen LogP contribution is -2.40. The van der Waals surface area contributed by atoms with E-state index in [0.29, 0.717) is 11.4 Å². The van der Waals surface area contributed by atoms with Crippen LogP contribution in [0.1, 0.15) is 0 Å². The third-order valence-corrected chi connectivity index (χ3v) is 3.42. The number of amides is 1. The first-order valence-corrected chi connectivity index (χ1v) is 7.25. The highest BCUT2D eigenvalue weighted by molar-refractivity contribution is 5.93. The molecule has 0 bridgehead atoms. The molecular weight excluding hydrogens is 304 g/mol. The molecular formula is C18H14N4O2. The summed E-state index contributed by atoms with van der Waals surface area (Å²) in [4.78, 5) is 26.6. The van der Waals surface area contributed by atoms with E-state index < -0.39 is 11.7 Å². The van der Waals surface area contributed by atoms with Crippen LogP contribution >= 0.6 is 0 Å². The molecule has 0 saturated heterocycles. The number of rotatable bonds is 3. The summed E-state index contributed by atoms with van der Waals surface area (Å²) in [6, 6.07) is 17.3. The van der Waals surface area contributed by atoms with E-state index in [9.17, 15) is 9.59 Å². The number of benzene rings is 2. The molecule has 0 saturated carbocycles. The Morgan fingerprint density at radius 1 is 1.08 bits per heavy atom. The molecule has 0 N–H and O–H groups in total. The molecule has 0 unspecified atom stereocenters. The van der Waals surface area contributed by atoms with Gasteiger partial charge in [0.1, 0.15) is 6.33 Å². The summed E-state index contributed by atoms with van der Waals surface area (Å²) in [6.07, 6.45) is 6.56. The van der Waals surface area contributed by atoms with Crippen LogP contribution in [-0.2, 0) is 0 Å². The highest BCUT2D eigenvalue weighted by atomic mass is 16.2. The zero-order valence-corrected chi connectivity index (χ0v) is 12.7. The summed E-state index contributed by atoms with van der Waals surface area (Å²) < 4.78 is 2.11. The second-order valence-electron chi connectivity index (χ2n) is 4.94. The van der Waals surface area contributed by atoms with Crippen molar-refractivity contribution < 1.29 is 4.79 Å². The molecule has 6 nitrogen and oxygen atoms in total. The number of nitrogens with zero attached hydrogens (tertiary/aromatic N) is 4. The van der Waals surface area contributed by atoms with Gasteiger partial charge in [-0.3, -0.25) is 4.90 Å². The number of para-hydroxylation sites is 2. The SMILES string of the molecule is C#CCN(C(=O)n1cnn(-c2ccccc2)c1=O)c1ccccc1. The van der Waals surface area contributed by atoms with Crippen molar-refractivity contribution in [3.8, 4) is 18.0 Å². The van der Waals surface area contributed by atoms with E-state index in [1.165, 1.54) is 11.2 Å². The summed E-state index contributed by atoms with van der Waals surface area (Å²) in [5.74, 6) is 2.44. The first kappa shape index (κ1) is 15.3. The molecule has 0 aliphatic carbocycles. The standard InChI is InChI=1S/C18H14N4O2/c1-2-13-20(15-9-5-3-6-10-15)17(23)21-14-19-22(18(21)24)16-11-7-4-8-12-16/h1,3-12,14H,13H2. The largest absolute Gasteiger partial charge is 0.358 e. The van der Waals surface area contributed by atoms with E-state index in [1.54, 1.807) is 48.5 Å². The number of carbonyl (C=O) groups excluding carboxylic acids is 1. The second-order valence-corrected chi connectivity index (χ2v) is 4.94. The van der Waals surface area contributed by atoms with Gasteiger partial charge in [0.25, 0.3) is 0 Å². The summed E-state index contributed by atoms with van der Waals surface area (Å²) in [5.41, 5.74) is 0.640. The van der Waals surface area contributed by atoms with E-state index >= 15 is 0 Å². The van der Waals surface area contributed by atoms with Crippen LogP contribution in [0.4, 0.5) is 10.5 Å². The van der Waals surface area contributed by atoms with Crippen LogP contribution in [-0.4, -0.2) is 26.9 Å². The van der Waals surface area contributed by atoms with Gasteiger partial charge in [0, 0.05) is 5.69 Å². The van der Waals surface area contributed by atoms with Gasteiger partial charge in [-0.2, -0.15) is 14.3 Å². The van der Waals surface area contributed by atoms with Crippen molar-refractivity contribution >= 4 is 11.7 Å². The average molecular weight is 318 g/mol. The fourth-order valence-corrected chi connectivity index (χ4v) is 2.28. The van der Waals surface area contributed by atoms with Crippen molar-refractivity contribution in [3.05, 3.63) is 77.5 Å².